The maximum Gasteiger partial charge on any atom is 0.303 e. The molecule has 3 heterocycles. The van der Waals surface area contributed by atoms with E-state index in [1.807, 2.05) is 12.2 Å². The molecule has 0 aromatic rings. The van der Waals surface area contributed by atoms with Crippen molar-refractivity contribution in [1.29, 1.82) is 0 Å². The SMILES string of the molecule is CCCCC[C@@H](O)C=C[C@H]1[C@H]2[C@H]3O[C@@H]1C[C@H]3O[C@@H]2C=CCCCC(=O)O. The fraction of sp³-hybridized carbons (Fsp3) is 0.762. The molecule has 0 unspecified atom stereocenters. The van der Waals surface area contributed by atoms with Crippen molar-refractivity contribution in [3.8, 4) is 0 Å². The van der Waals surface area contributed by atoms with E-state index in [9.17, 15) is 9.90 Å². The lowest BCUT2D eigenvalue weighted by Gasteiger charge is -2.22. The Kier molecular flexibility index (Phi) is 6.90. The van der Waals surface area contributed by atoms with Gasteiger partial charge in [-0.25, -0.2) is 0 Å². The molecular formula is C21H32O5. The summed E-state index contributed by atoms with van der Waals surface area (Å²) < 4.78 is 12.3. The Morgan fingerprint density at radius 1 is 1.19 bits per heavy atom. The summed E-state index contributed by atoms with van der Waals surface area (Å²) in [6, 6.07) is 0. The number of aliphatic hydroxyl groups is 1. The topological polar surface area (TPSA) is 76.0 Å². The summed E-state index contributed by atoms with van der Waals surface area (Å²) in [5.41, 5.74) is 0. The fourth-order valence-electron chi connectivity index (χ4n) is 4.58. The number of aliphatic hydroxyl groups excluding tert-OH is 1. The Morgan fingerprint density at radius 3 is 2.81 bits per heavy atom. The van der Waals surface area contributed by atoms with Crippen molar-refractivity contribution in [2.45, 2.75) is 88.8 Å². The third-order valence-corrected chi connectivity index (χ3v) is 5.87. The lowest BCUT2D eigenvalue weighted by Crippen LogP contribution is -2.31. The first-order valence-corrected chi connectivity index (χ1v) is 10.2. The molecule has 3 saturated heterocycles. The van der Waals surface area contributed by atoms with Gasteiger partial charge in [-0.2, -0.15) is 0 Å². The number of unbranched alkanes of at least 4 members (excludes halogenated alkanes) is 3. The van der Waals surface area contributed by atoms with Crippen LogP contribution in [0, 0.1) is 11.8 Å². The molecule has 0 aromatic heterocycles. The van der Waals surface area contributed by atoms with Crippen molar-refractivity contribution < 1.29 is 24.5 Å². The normalized spacial score (nSPS) is 36.5. The maximum atomic E-state index is 10.6. The van der Waals surface area contributed by atoms with Crippen LogP contribution >= 0.6 is 0 Å². The summed E-state index contributed by atoms with van der Waals surface area (Å²) >= 11 is 0. The molecule has 7 atom stereocenters. The summed E-state index contributed by atoms with van der Waals surface area (Å²) in [7, 11) is 0. The molecule has 3 aliphatic rings. The molecule has 3 aliphatic heterocycles. The van der Waals surface area contributed by atoms with Gasteiger partial charge in [0.25, 0.3) is 0 Å². The van der Waals surface area contributed by atoms with Crippen LogP contribution in [0.3, 0.4) is 0 Å². The van der Waals surface area contributed by atoms with Crippen molar-refractivity contribution >= 4 is 5.97 Å². The minimum Gasteiger partial charge on any atom is -0.481 e. The molecule has 0 saturated carbocycles. The number of aliphatic carboxylic acids is 1. The van der Waals surface area contributed by atoms with Crippen molar-refractivity contribution in [3.63, 3.8) is 0 Å². The van der Waals surface area contributed by atoms with Gasteiger partial charge in [-0.05, 0) is 19.3 Å². The molecule has 2 bridgehead atoms. The second-order valence-electron chi connectivity index (χ2n) is 7.83. The Bertz CT molecular complexity index is 526. The van der Waals surface area contributed by atoms with Gasteiger partial charge in [-0.15, -0.1) is 0 Å². The Labute approximate surface area is 156 Å². The Hall–Kier alpha value is -1.17. The van der Waals surface area contributed by atoms with Crippen LogP contribution in [-0.2, 0) is 14.3 Å². The molecular weight excluding hydrogens is 332 g/mol. The van der Waals surface area contributed by atoms with E-state index in [1.165, 1.54) is 0 Å². The molecule has 0 radical (unpaired) electrons. The largest absolute Gasteiger partial charge is 0.481 e. The van der Waals surface area contributed by atoms with Gasteiger partial charge in [0.1, 0.15) is 0 Å². The van der Waals surface area contributed by atoms with Gasteiger partial charge in [-0.3, -0.25) is 4.79 Å². The average Bonchev–Trinajstić information content (AvgIpc) is 3.21. The number of ether oxygens (including phenoxy) is 2. The smallest absolute Gasteiger partial charge is 0.303 e. The van der Waals surface area contributed by atoms with E-state index < -0.39 is 5.97 Å². The Morgan fingerprint density at radius 2 is 2.04 bits per heavy atom. The zero-order valence-electron chi connectivity index (χ0n) is 15.6. The van der Waals surface area contributed by atoms with Crippen LogP contribution in [0.1, 0.15) is 58.3 Å². The predicted molar refractivity (Wildman–Crippen MR) is 98.8 cm³/mol. The molecule has 5 heteroatoms. The minimum absolute atomic E-state index is 0.0363. The number of rotatable bonds is 11. The molecule has 3 rings (SSSR count). The van der Waals surface area contributed by atoms with Crippen LogP contribution in [-0.4, -0.2) is 46.7 Å². The molecule has 0 amide bonds. The summed E-state index contributed by atoms with van der Waals surface area (Å²) in [5, 5.41) is 18.9. The summed E-state index contributed by atoms with van der Waals surface area (Å²) in [5.74, 6) is -0.134. The van der Waals surface area contributed by atoms with Crippen molar-refractivity contribution in [2.24, 2.45) is 11.8 Å². The highest BCUT2D eigenvalue weighted by molar-refractivity contribution is 5.66. The van der Waals surface area contributed by atoms with Crippen LogP contribution in [0.25, 0.3) is 0 Å². The van der Waals surface area contributed by atoms with Crippen LogP contribution in [0.4, 0.5) is 0 Å². The highest BCUT2D eigenvalue weighted by Crippen LogP contribution is 2.52. The second-order valence-corrected chi connectivity index (χ2v) is 7.83. The first kappa shape index (κ1) is 19.6. The molecule has 146 valence electrons. The first-order chi connectivity index (χ1) is 12.6. The number of carboxylic acids is 1. The van der Waals surface area contributed by atoms with E-state index in [-0.39, 0.29) is 36.9 Å². The monoisotopic (exact) mass is 364 g/mol. The van der Waals surface area contributed by atoms with Crippen molar-refractivity contribution in [3.05, 3.63) is 24.3 Å². The van der Waals surface area contributed by atoms with Crippen LogP contribution in [0.5, 0.6) is 0 Å². The summed E-state index contributed by atoms with van der Waals surface area (Å²) in [6.07, 6.45) is 15.2. The minimum atomic E-state index is -0.747. The van der Waals surface area contributed by atoms with E-state index >= 15 is 0 Å². The van der Waals surface area contributed by atoms with Gasteiger partial charge >= 0.3 is 5.97 Å². The highest BCUT2D eigenvalue weighted by Gasteiger charge is 2.61. The molecule has 26 heavy (non-hydrogen) atoms. The molecule has 2 N–H and O–H groups in total. The van der Waals surface area contributed by atoms with Gasteiger partial charge in [0.05, 0.1) is 30.5 Å². The first-order valence-electron chi connectivity index (χ1n) is 10.2. The lowest BCUT2D eigenvalue weighted by molar-refractivity contribution is -0.137. The van der Waals surface area contributed by atoms with Crippen LogP contribution < -0.4 is 0 Å². The van der Waals surface area contributed by atoms with Crippen molar-refractivity contribution in [1.82, 2.24) is 0 Å². The van der Waals surface area contributed by atoms with Crippen LogP contribution in [0.2, 0.25) is 0 Å². The fourth-order valence-corrected chi connectivity index (χ4v) is 4.58. The van der Waals surface area contributed by atoms with Crippen molar-refractivity contribution in [2.75, 3.05) is 0 Å². The van der Waals surface area contributed by atoms with Crippen LogP contribution in [0.15, 0.2) is 24.3 Å². The predicted octanol–water partition coefficient (Wildman–Crippen LogP) is 3.47. The lowest BCUT2D eigenvalue weighted by atomic mass is 9.77. The zero-order valence-corrected chi connectivity index (χ0v) is 15.6. The van der Waals surface area contributed by atoms with Gasteiger partial charge in [0.15, 0.2) is 0 Å². The molecule has 3 fully saturated rings. The second kappa shape index (κ2) is 9.16. The highest BCUT2D eigenvalue weighted by atomic mass is 16.6. The molecule has 0 aliphatic carbocycles. The van der Waals surface area contributed by atoms with E-state index in [1.54, 1.807) is 0 Å². The third-order valence-electron chi connectivity index (χ3n) is 5.87. The quantitative estimate of drug-likeness (QED) is 0.434. The number of hydrogen-bond donors (Lipinski definition) is 2. The average molecular weight is 364 g/mol. The summed E-state index contributed by atoms with van der Waals surface area (Å²) in [6.45, 7) is 2.17. The van der Waals surface area contributed by atoms with Gasteiger partial charge < -0.3 is 19.7 Å². The number of fused-ring (bicyclic) bond motifs is 1. The summed E-state index contributed by atoms with van der Waals surface area (Å²) in [4.78, 5) is 10.6. The number of carboxylic acid groups (broad SMARTS) is 1. The van der Waals surface area contributed by atoms with Gasteiger partial charge in [0.2, 0.25) is 0 Å². The van der Waals surface area contributed by atoms with Gasteiger partial charge in [0, 0.05) is 24.7 Å². The molecule has 5 nitrogen and oxygen atoms in total. The number of carbonyl (C=O) groups is 1. The van der Waals surface area contributed by atoms with E-state index in [4.69, 9.17) is 14.6 Å². The number of allylic oxidation sites excluding steroid dienone is 1. The zero-order chi connectivity index (χ0) is 18.5. The molecule has 0 spiro atoms. The maximum absolute atomic E-state index is 10.6. The standard InChI is InChI=1S/C21H32O5/c1-2-3-5-8-14(22)11-12-15-17-13-18-21(26-17)20(15)16(25-18)9-6-4-7-10-19(23)24/h6,9,11-12,14-18,20-22H,2-5,7-8,10,13H2,1H3,(H,23,24)/t14-,15-,16-,17-,18-,20-,21+/m1/s1. The number of hydrogen-bond acceptors (Lipinski definition) is 4. The Balaban J connectivity index is 1.53. The van der Waals surface area contributed by atoms with E-state index in [0.29, 0.717) is 18.3 Å². The van der Waals surface area contributed by atoms with Gasteiger partial charge in [-0.1, -0.05) is 50.5 Å². The third kappa shape index (κ3) is 4.56. The molecule has 0 aromatic carbocycles. The van der Waals surface area contributed by atoms with E-state index in [0.717, 1.165) is 38.5 Å². The van der Waals surface area contributed by atoms with E-state index in [2.05, 4.69) is 19.1 Å².